The third kappa shape index (κ3) is 3.00. The molecule has 1 amide bonds. The third-order valence-electron chi connectivity index (χ3n) is 2.47. The zero-order valence-electron chi connectivity index (χ0n) is 9.49. The molecule has 1 aromatic rings. The van der Waals surface area contributed by atoms with Crippen LogP contribution < -0.4 is 5.32 Å². The van der Waals surface area contributed by atoms with Crippen molar-refractivity contribution < 1.29 is 14.3 Å². The summed E-state index contributed by atoms with van der Waals surface area (Å²) in [5.41, 5.74) is -0.585. The van der Waals surface area contributed by atoms with Crippen LogP contribution in [0, 0.1) is 5.95 Å². The minimum atomic E-state index is -0.767. The lowest BCUT2D eigenvalue weighted by Gasteiger charge is -2.29. The molecule has 1 aromatic heterocycles. The highest BCUT2D eigenvalue weighted by molar-refractivity contribution is 5.94. The van der Waals surface area contributed by atoms with Crippen molar-refractivity contribution in [2.45, 2.75) is 32.4 Å². The van der Waals surface area contributed by atoms with Crippen LogP contribution in [0.2, 0.25) is 0 Å². The molecule has 0 aromatic carbocycles. The zero-order valence-corrected chi connectivity index (χ0v) is 9.49. The van der Waals surface area contributed by atoms with Gasteiger partial charge in [0.2, 0.25) is 5.95 Å². The van der Waals surface area contributed by atoms with E-state index in [1.807, 2.05) is 0 Å². The molecule has 88 valence electrons. The lowest BCUT2D eigenvalue weighted by Crippen LogP contribution is -2.51. The number of pyridine rings is 1. The molecule has 0 fully saturated rings. The molecule has 0 saturated carbocycles. The molecule has 16 heavy (non-hydrogen) atoms. The second-order valence-electron chi connectivity index (χ2n) is 4.22. The molecule has 1 unspecified atom stereocenters. The maximum atomic E-state index is 12.8. The number of nitrogens with one attached hydrogen (secondary N) is 1. The molecular formula is C11H15FN2O2. The van der Waals surface area contributed by atoms with Gasteiger partial charge in [-0.3, -0.25) is 4.79 Å². The Kier molecular flexibility index (Phi) is 3.59. The van der Waals surface area contributed by atoms with Crippen LogP contribution in [-0.2, 0) is 0 Å². The van der Waals surface area contributed by atoms with Crippen molar-refractivity contribution in [1.29, 1.82) is 0 Å². The maximum absolute atomic E-state index is 12.8. The van der Waals surface area contributed by atoms with E-state index in [4.69, 9.17) is 0 Å². The van der Waals surface area contributed by atoms with Crippen LogP contribution in [-0.4, -0.2) is 27.6 Å². The number of nitrogens with zero attached hydrogens (tertiary/aromatic N) is 1. The number of hydrogen-bond donors (Lipinski definition) is 2. The Morgan fingerprint density at radius 1 is 1.62 bits per heavy atom. The minimum absolute atomic E-state index is 0.182. The number of rotatable bonds is 3. The van der Waals surface area contributed by atoms with Crippen LogP contribution >= 0.6 is 0 Å². The molecule has 0 aliphatic carbocycles. The molecule has 5 heteroatoms. The lowest BCUT2D eigenvalue weighted by molar-refractivity contribution is 0.0709. The van der Waals surface area contributed by atoms with Crippen LogP contribution in [0.1, 0.15) is 31.1 Å². The molecular weight excluding hydrogens is 211 g/mol. The predicted molar refractivity (Wildman–Crippen MR) is 57.4 cm³/mol. The number of aliphatic hydroxyl groups is 1. The zero-order chi connectivity index (χ0) is 12.3. The number of aromatic nitrogens is 1. The number of halogens is 1. The maximum Gasteiger partial charge on any atom is 0.252 e. The average molecular weight is 226 g/mol. The van der Waals surface area contributed by atoms with E-state index in [1.54, 1.807) is 20.8 Å². The summed E-state index contributed by atoms with van der Waals surface area (Å²) in [6.07, 6.45) is 0.516. The van der Waals surface area contributed by atoms with Crippen molar-refractivity contribution in [2.24, 2.45) is 0 Å². The quantitative estimate of drug-likeness (QED) is 0.759. The molecule has 0 saturated heterocycles. The Bertz CT molecular complexity index is 391. The second kappa shape index (κ2) is 4.57. The van der Waals surface area contributed by atoms with E-state index in [-0.39, 0.29) is 5.56 Å². The van der Waals surface area contributed by atoms with Crippen molar-refractivity contribution in [3.8, 4) is 0 Å². The van der Waals surface area contributed by atoms with Crippen molar-refractivity contribution in [2.75, 3.05) is 0 Å². The highest BCUT2D eigenvalue weighted by atomic mass is 19.1. The van der Waals surface area contributed by atoms with E-state index in [9.17, 15) is 14.3 Å². The largest absolute Gasteiger partial charge is 0.391 e. The smallest absolute Gasteiger partial charge is 0.252 e. The van der Waals surface area contributed by atoms with Gasteiger partial charge in [0.1, 0.15) is 0 Å². The summed E-state index contributed by atoms with van der Waals surface area (Å²) in [5, 5.41) is 12.0. The van der Waals surface area contributed by atoms with Gasteiger partial charge in [-0.2, -0.15) is 4.39 Å². The standard InChI is InChI=1S/C11H15FN2O2/c1-7(15)11(2,3)14-10(16)8-4-5-13-9(12)6-8/h4-7,15H,1-3H3,(H,14,16). The van der Waals surface area contributed by atoms with Gasteiger partial charge in [0, 0.05) is 17.8 Å². The first-order valence-electron chi connectivity index (χ1n) is 4.95. The fraction of sp³-hybridized carbons (Fsp3) is 0.455. The molecule has 0 aliphatic rings. The summed E-state index contributed by atoms with van der Waals surface area (Å²) >= 11 is 0. The number of aliphatic hydroxyl groups excluding tert-OH is 1. The number of amides is 1. The monoisotopic (exact) mass is 226 g/mol. The predicted octanol–water partition coefficient (Wildman–Crippen LogP) is 1.11. The van der Waals surface area contributed by atoms with E-state index >= 15 is 0 Å². The molecule has 4 nitrogen and oxygen atoms in total. The molecule has 0 radical (unpaired) electrons. The lowest BCUT2D eigenvalue weighted by atomic mass is 9.98. The van der Waals surface area contributed by atoms with Gasteiger partial charge in [0.25, 0.3) is 5.91 Å². The first-order valence-corrected chi connectivity index (χ1v) is 4.95. The topological polar surface area (TPSA) is 62.2 Å². The van der Waals surface area contributed by atoms with Gasteiger partial charge in [-0.05, 0) is 26.8 Å². The molecule has 1 rings (SSSR count). The van der Waals surface area contributed by atoms with E-state index in [1.165, 1.54) is 12.3 Å². The van der Waals surface area contributed by atoms with Gasteiger partial charge in [0.05, 0.1) is 11.6 Å². The molecule has 0 bridgehead atoms. The SMILES string of the molecule is CC(O)C(C)(C)NC(=O)c1ccnc(F)c1. The van der Waals surface area contributed by atoms with Gasteiger partial charge in [-0.1, -0.05) is 0 Å². The van der Waals surface area contributed by atoms with Crippen LogP contribution in [0.25, 0.3) is 0 Å². The van der Waals surface area contributed by atoms with Crippen LogP contribution in [0.15, 0.2) is 18.3 Å². The molecule has 0 spiro atoms. The van der Waals surface area contributed by atoms with E-state index in [0.717, 1.165) is 6.07 Å². The van der Waals surface area contributed by atoms with Crippen LogP contribution in [0.3, 0.4) is 0 Å². The molecule has 1 heterocycles. The summed E-state index contributed by atoms with van der Waals surface area (Å²) in [6.45, 7) is 4.95. The Balaban J connectivity index is 2.81. The highest BCUT2D eigenvalue weighted by Gasteiger charge is 2.26. The van der Waals surface area contributed by atoms with E-state index in [0.29, 0.717) is 0 Å². The summed E-state index contributed by atoms with van der Waals surface area (Å²) < 4.78 is 12.8. The van der Waals surface area contributed by atoms with Crippen molar-refractivity contribution in [3.05, 3.63) is 29.8 Å². The third-order valence-corrected chi connectivity index (χ3v) is 2.47. The first-order chi connectivity index (χ1) is 7.33. The Morgan fingerprint density at radius 2 is 2.25 bits per heavy atom. The molecule has 1 atom stereocenters. The number of carbonyl (C=O) groups is 1. The summed E-state index contributed by atoms with van der Waals surface area (Å²) in [7, 11) is 0. The van der Waals surface area contributed by atoms with Gasteiger partial charge >= 0.3 is 0 Å². The number of hydrogen-bond acceptors (Lipinski definition) is 3. The van der Waals surface area contributed by atoms with E-state index in [2.05, 4.69) is 10.3 Å². The summed E-state index contributed by atoms with van der Waals surface area (Å²) in [5.74, 6) is -1.14. The van der Waals surface area contributed by atoms with Gasteiger partial charge < -0.3 is 10.4 Å². The summed E-state index contributed by atoms with van der Waals surface area (Å²) in [4.78, 5) is 15.1. The molecule has 2 N–H and O–H groups in total. The van der Waals surface area contributed by atoms with Crippen LogP contribution in [0.4, 0.5) is 4.39 Å². The first kappa shape index (κ1) is 12.6. The highest BCUT2D eigenvalue weighted by Crippen LogP contribution is 2.10. The summed E-state index contributed by atoms with van der Waals surface area (Å²) in [6, 6.07) is 2.46. The minimum Gasteiger partial charge on any atom is -0.391 e. The van der Waals surface area contributed by atoms with Crippen LogP contribution in [0.5, 0.6) is 0 Å². The van der Waals surface area contributed by atoms with Crippen molar-refractivity contribution in [1.82, 2.24) is 10.3 Å². The van der Waals surface area contributed by atoms with Gasteiger partial charge in [-0.15, -0.1) is 0 Å². The Labute approximate surface area is 93.5 Å². The normalized spacial score (nSPS) is 13.3. The average Bonchev–Trinajstić information content (AvgIpc) is 2.16. The number of carbonyl (C=O) groups excluding carboxylic acids is 1. The van der Waals surface area contributed by atoms with Crippen molar-refractivity contribution >= 4 is 5.91 Å². The molecule has 0 aliphatic heterocycles. The van der Waals surface area contributed by atoms with Crippen molar-refractivity contribution in [3.63, 3.8) is 0 Å². The fourth-order valence-corrected chi connectivity index (χ4v) is 1.01. The Hall–Kier alpha value is -1.49. The van der Waals surface area contributed by atoms with E-state index < -0.39 is 23.5 Å². The second-order valence-corrected chi connectivity index (χ2v) is 4.22. The fourth-order valence-electron chi connectivity index (χ4n) is 1.01. The van der Waals surface area contributed by atoms with Gasteiger partial charge in [-0.25, -0.2) is 4.98 Å². The Morgan fingerprint density at radius 3 is 2.75 bits per heavy atom. The van der Waals surface area contributed by atoms with Gasteiger partial charge in [0.15, 0.2) is 0 Å².